The highest BCUT2D eigenvalue weighted by atomic mass is 16.6. The van der Waals surface area contributed by atoms with Crippen LogP contribution >= 0.6 is 0 Å². The van der Waals surface area contributed by atoms with E-state index in [1.54, 1.807) is 6.07 Å². The molecule has 0 atom stereocenters. The predicted molar refractivity (Wildman–Crippen MR) is 72.6 cm³/mol. The normalized spacial score (nSPS) is 9.25. The number of phenolic OH excluding ortho intramolecular Hbond substituents is 1. The molecule has 0 unspecified atom stereocenters. The third-order valence-electron chi connectivity index (χ3n) is 2.39. The summed E-state index contributed by atoms with van der Waals surface area (Å²) in [6, 6.07) is 12.2. The van der Waals surface area contributed by atoms with Crippen LogP contribution in [0.5, 0.6) is 5.75 Å². The van der Waals surface area contributed by atoms with Crippen LogP contribution in [0.4, 0.5) is 11.4 Å². The second kappa shape index (κ2) is 6.83. The molecule has 0 saturated carbocycles. The van der Waals surface area contributed by atoms with Crippen LogP contribution in [0.2, 0.25) is 0 Å². The standard InChI is InChI=1S/C7H8O.C6H4N2O4/c1-6-4-2-3-5-7(6)8;9-7(10)5-3-1-2-4-6(5)8(11)12/h2-5,8H,1H3;1-4H. The van der Waals surface area contributed by atoms with E-state index in [-0.39, 0.29) is 0 Å². The van der Waals surface area contributed by atoms with E-state index < -0.39 is 21.2 Å². The Labute approximate surface area is 114 Å². The first-order valence-corrected chi connectivity index (χ1v) is 5.56. The van der Waals surface area contributed by atoms with Crippen molar-refractivity contribution in [3.8, 4) is 5.75 Å². The van der Waals surface area contributed by atoms with Gasteiger partial charge in [0.2, 0.25) is 0 Å². The Morgan fingerprint density at radius 2 is 1.25 bits per heavy atom. The van der Waals surface area contributed by atoms with E-state index in [0.29, 0.717) is 5.75 Å². The minimum Gasteiger partial charge on any atom is -0.508 e. The minimum absolute atomic E-state index is 0.368. The summed E-state index contributed by atoms with van der Waals surface area (Å²) in [6.07, 6.45) is 0. The molecule has 2 aromatic carbocycles. The summed E-state index contributed by atoms with van der Waals surface area (Å²) in [5, 5.41) is 29.4. The van der Waals surface area contributed by atoms with Crippen LogP contribution in [-0.2, 0) is 0 Å². The molecule has 2 rings (SSSR count). The van der Waals surface area contributed by atoms with E-state index in [0.717, 1.165) is 17.7 Å². The van der Waals surface area contributed by atoms with Crippen molar-refractivity contribution in [1.29, 1.82) is 0 Å². The molecule has 0 aromatic heterocycles. The molecule has 2 aromatic rings. The zero-order valence-corrected chi connectivity index (χ0v) is 10.6. The Kier molecular flexibility index (Phi) is 5.16. The number of aryl methyl sites for hydroxylation is 1. The lowest BCUT2D eigenvalue weighted by Crippen LogP contribution is -1.95. The van der Waals surface area contributed by atoms with Gasteiger partial charge in [0.25, 0.3) is 0 Å². The average molecular weight is 276 g/mol. The highest BCUT2D eigenvalue weighted by Gasteiger charge is 2.21. The number of rotatable bonds is 2. The number of nitro groups is 2. The maximum Gasteiger partial charge on any atom is 0.346 e. The molecule has 0 fully saturated rings. The second-order valence-corrected chi connectivity index (χ2v) is 3.79. The SMILES string of the molecule is Cc1ccccc1O.O=[N+]([O-])c1ccccc1[N+](=O)[O-]. The highest BCUT2D eigenvalue weighted by molar-refractivity contribution is 5.51. The maximum absolute atomic E-state index is 10.2. The zero-order valence-electron chi connectivity index (χ0n) is 10.6. The van der Waals surface area contributed by atoms with E-state index in [2.05, 4.69) is 0 Å². The van der Waals surface area contributed by atoms with Crippen LogP contribution in [-0.4, -0.2) is 15.0 Å². The van der Waals surface area contributed by atoms with Crippen molar-refractivity contribution in [1.82, 2.24) is 0 Å². The lowest BCUT2D eigenvalue weighted by atomic mass is 10.2. The van der Waals surface area contributed by atoms with Crippen LogP contribution in [0.25, 0.3) is 0 Å². The van der Waals surface area contributed by atoms with Gasteiger partial charge in [-0.1, -0.05) is 30.3 Å². The van der Waals surface area contributed by atoms with Gasteiger partial charge in [-0.25, -0.2) is 0 Å². The zero-order chi connectivity index (χ0) is 15.1. The molecule has 0 bridgehead atoms. The molecule has 104 valence electrons. The van der Waals surface area contributed by atoms with E-state index in [4.69, 9.17) is 5.11 Å². The van der Waals surface area contributed by atoms with Crippen molar-refractivity contribution in [2.45, 2.75) is 6.92 Å². The second-order valence-electron chi connectivity index (χ2n) is 3.79. The van der Waals surface area contributed by atoms with E-state index in [9.17, 15) is 20.2 Å². The van der Waals surface area contributed by atoms with Crippen molar-refractivity contribution in [3.63, 3.8) is 0 Å². The number of para-hydroxylation sites is 3. The fraction of sp³-hybridized carbons (Fsp3) is 0.0769. The average Bonchev–Trinajstić information content (AvgIpc) is 2.43. The number of nitro benzene ring substituents is 2. The van der Waals surface area contributed by atoms with Gasteiger partial charge in [0.15, 0.2) is 0 Å². The van der Waals surface area contributed by atoms with Crippen molar-refractivity contribution < 1.29 is 15.0 Å². The molecule has 7 nitrogen and oxygen atoms in total. The molecule has 0 radical (unpaired) electrons. The number of hydrogen-bond donors (Lipinski definition) is 1. The monoisotopic (exact) mass is 276 g/mol. The molecule has 0 spiro atoms. The Morgan fingerprint density at radius 1 is 0.850 bits per heavy atom. The molecule has 0 aliphatic rings. The molecule has 0 heterocycles. The van der Waals surface area contributed by atoms with Crippen LogP contribution in [0.3, 0.4) is 0 Å². The molecule has 0 aliphatic heterocycles. The van der Waals surface area contributed by atoms with Crippen LogP contribution < -0.4 is 0 Å². The third-order valence-corrected chi connectivity index (χ3v) is 2.39. The molecule has 0 aliphatic carbocycles. The molecule has 20 heavy (non-hydrogen) atoms. The van der Waals surface area contributed by atoms with Gasteiger partial charge in [0.1, 0.15) is 5.75 Å². The van der Waals surface area contributed by atoms with Gasteiger partial charge in [-0.05, 0) is 18.6 Å². The molecular weight excluding hydrogens is 264 g/mol. The highest BCUT2D eigenvalue weighted by Crippen LogP contribution is 2.24. The van der Waals surface area contributed by atoms with E-state index >= 15 is 0 Å². The van der Waals surface area contributed by atoms with Gasteiger partial charge in [-0.3, -0.25) is 20.2 Å². The van der Waals surface area contributed by atoms with Gasteiger partial charge >= 0.3 is 11.4 Å². The number of phenols is 1. The molecule has 0 amide bonds. The number of nitrogens with zero attached hydrogens (tertiary/aromatic N) is 2. The van der Waals surface area contributed by atoms with Crippen LogP contribution in [0.1, 0.15) is 5.56 Å². The summed E-state index contributed by atoms with van der Waals surface area (Å²) in [4.78, 5) is 18.9. The first-order valence-electron chi connectivity index (χ1n) is 5.56. The van der Waals surface area contributed by atoms with Crippen LogP contribution in [0.15, 0.2) is 48.5 Å². The molecule has 7 heteroatoms. The Balaban J connectivity index is 0.000000217. The topological polar surface area (TPSA) is 107 Å². The molecule has 1 N–H and O–H groups in total. The van der Waals surface area contributed by atoms with Gasteiger partial charge in [-0.15, -0.1) is 0 Å². The fourth-order valence-electron chi connectivity index (χ4n) is 1.34. The Hall–Kier alpha value is -2.96. The Bertz CT molecular complexity index is 574. The van der Waals surface area contributed by atoms with Crippen molar-refractivity contribution in [3.05, 3.63) is 74.3 Å². The van der Waals surface area contributed by atoms with Crippen molar-refractivity contribution in [2.24, 2.45) is 0 Å². The van der Waals surface area contributed by atoms with E-state index in [1.165, 1.54) is 12.1 Å². The molecule has 0 saturated heterocycles. The summed E-state index contributed by atoms with van der Waals surface area (Å²) in [7, 11) is 0. The fourth-order valence-corrected chi connectivity index (χ4v) is 1.34. The smallest absolute Gasteiger partial charge is 0.346 e. The third kappa shape index (κ3) is 4.05. The summed E-state index contributed by atoms with van der Waals surface area (Å²) in [5.74, 6) is 0.368. The summed E-state index contributed by atoms with van der Waals surface area (Å²) < 4.78 is 0. The lowest BCUT2D eigenvalue weighted by molar-refractivity contribution is -0.422. The quantitative estimate of drug-likeness (QED) is 0.669. The van der Waals surface area contributed by atoms with Gasteiger partial charge < -0.3 is 5.11 Å². The first-order chi connectivity index (χ1) is 9.43. The Morgan fingerprint density at radius 3 is 1.55 bits per heavy atom. The number of aromatic hydroxyl groups is 1. The summed E-state index contributed by atoms with van der Waals surface area (Å²) in [5.41, 5.74) is -0.0440. The molecular formula is C13H12N2O5. The largest absolute Gasteiger partial charge is 0.508 e. The summed E-state index contributed by atoms with van der Waals surface area (Å²) >= 11 is 0. The predicted octanol–water partition coefficient (Wildman–Crippen LogP) is 3.20. The maximum atomic E-state index is 10.2. The first kappa shape index (κ1) is 15.1. The van der Waals surface area contributed by atoms with Gasteiger partial charge in [0, 0.05) is 12.1 Å². The van der Waals surface area contributed by atoms with Gasteiger partial charge in [0.05, 0.1) is 9.85 Å². The van der Waals surface area contributed by atoms with Crippen molar-refractivity contribution >= 4 is 11.4 Å². The number of benzene rings is 2. The van der Waals surface area contributed by atoms with Crippen molar-refractivity contribution in [2.75, 3.05) is 0 Å². The number of hydrogen-bond acceptors (Lipinski definition) is 5. The summed E-state index contributed by atoms with van der Waals surface area (Å²) in [6.45, 7) is 1.87. The minimum atomic E-state index is -0.780. The lowest BCUT2D eigenvalue weighted by Gasteiger charge is -1.92. The van der Waals surface area contributed by atoms with Crippen LogP contribution in [0, 0.1) is 27.2 Å². The van der Waals surface area contributed by atoms with E-state index in [1.807, 2.05) is 25.1 Å². The van der Waals surface area contributed by atoms with Gasteiger partial charge in [-0.2, -0.15) is 0 Å².